The third kappa shape index (κ3) is 2.13. The summed E-state index contributed by atoms with van der Waals surface area (Å²) in [6.45, 7) is 3.83. The quantitative estimate of drug-likeness (QED) is 0.824. The van der Waals surface area contributed by atoms with Gasteiger partial charge in [0, 0.05) is 19.2 Å². The molecule has 0 aliphatic carbocycles. The van der Waals surface area contributed by atoms with Gasteiger partial charge in [0.1, 0.15) is 12.0 Å². The topological polar surface area (TPSA) is 76.4 Å². The summed E-state index contributed by atoms with van der Waals surface area (Å²) in [5, 5.41) is 12.8. The summed E-state index contributed by atoms with van der Waals surface area (Å²) in [5.41, 5.74) is -0.373. The zero-order valence-corrected chi connectivity index (χ0v) is 10.8. The number of nitrogens with zero attached hydrogens (tertiary/aromatic N) is 2. The van der Waals surface area contributed by atoms with Gasteiger partial charge in [0.2, 0.25) is 0 Å². The summed E-state index contributed by atoms with van der Waals surface area (Å²) in [4.78, 5) is 15.8. The number of aliphatic hydroxyl groups is 1. The van der Waals surface area contributed by atoms with Crippen LogP contribution >= 0.6 is 0 Å². The van der Waals surface area contributed by atoms with Crippen LogP contribution in [0.3, 0.4) is 0 Å². The van der Waals surface area contributed by atoms with Gasteiger partial charge in [-0.05, 0) is 12.5 Å². The minimum absolute atomic E-state index is 0.130. The lowest BCUT2D eigenvalue weighted by molar-refractivity contribution is -0.0249. The molecule has 1 aliphatic heterocycles. The lowest BCUT2D eigenvalue weighted by Crippen LogP contribution is -2.30. The number of hydrogen-bond acceptors (Lipinski definition) is 5. The maximum absolute atomic E-state index is 11.9. The molecule has 0 saturated carbocycles. The Bertz CT molecular complexity index is 474. The molecular formula is C12H19N3O3. The first-order valence-corrected chi connectivity index (χ1v) is 6.19. The van der Waals surface area contributed by atoms with Crippen LogP contribution in [-0.4, -0.2) is 33.9 Å². The Morgan fingerprint density at radius 1 is 1.61 bits per heavy atom. The molecule has 1 aliphatic rings. The minimum atomic E-state index is -0.545. The van der Waals surface area contributed by atoms with E-state index in [0.29, 0.717) is 5.82 Å². The maximum atomic E-state index is 11.9. The van der Waals surface area contributed by atoms with Crippen LogP contribution in [0.4, 0.5) is 5.82 Å². The highest BCUT2D eigenvalue weighted by molar-refractivity contribution is 5.30. The van der Waals surface area contributed by atoms with Crippen molar-refractivity contribution in [2.75, 3.05) is 12.4 Å². The lowest BCUT2D eigenvalue weighted by atomic mass is 10.0. The summed E-state index contributed by atoms with van der Waals surface area (Å²) in [6, 6.07) is 1.71. The van der Waals surface area contributed by atoms with Gasteiger partial charge in [0.15, 0.2) is 0 Å². The number of ether oxygens (including phenoxy) is 1. The molecule has 6 heteroatoms. The normalized spacial score (nSPS) is 31.6. The Hall–Kier alpha value is -1.40. The summed E-state index contributed by atoms with van der Waals surface area (Å²) in [6.07, 6.45) is 1.15. The van der Waals surface area contributed by atoms with Gasteiger partial charge in [-0.2, -0.15) is 4.98 Å². The van der Waals surface area contributed by atoms with Crippen LogP contribution in [0.25, 0.3) is 0 Å². The maximum Gasteiger partial charge on any atom is 0.351 e. The second-order valence-corrected chi connectivity index (χ2v) is 4.58. The molecule has 1 aromatic rings. The van der Waals surface area contributed by atoms with E-state index in [2.05, 4.69) is 10.3 Å². The van der Waals surface area contributed by atoms with Gasteiger partial charge in [0.05, 0.1) is 12.2 Å². The molecule has 0 bridgehead atoms. The molecule has 1 fully saturated rings. The Balaban J connectivity index is 2.30. The lowest BCUT2D eigenvalue weighted by Gasteiger charge is -2.18. The van der Waals surface area contributed by atoms with Crippen molar-refractivity contribution in [3.63, 3.8) is 0 Å². The summed E-state index contributed by atoms with van der Waals surface area (Å²) >= 11 is 0. The minimum Gasteiger partial charge on any atom is -0.390 e. The predicted molar refractivity (Wildman–Crippen MR) is 67.4 cm³/mol. The fraction of sp³-hybridized carbons (Fsp3) is 0.667. The van der Waals surface area contributed by atoms with Gasteiger partial charge in [-0.25, -0.2) is 4.79 Å². The van der Waals surface area contributed by atoms with Gasteiger partial charge < -0.3 is 15.2 Å². The van der Waals surface area contributed by atoms with Crippen molar-refractivity contribution in [1.29, 1.82) is 0 Å². The zero-order valence-electron chi connectivity index (χ0n) is 10.8. The van der Waals surface area contributed by atoms with Gasteiger partial charge in [-0.3, -0.25) is 4.57 Å². The van der Waals surface area contributed by atoms with Gasteiger partial charge >= 0.3 is 5.69 Å². The standard InChI is InChI=1S/C12H19N3O3/c1-4-8-10(16)7(2)11(18-8)15-6-5-9(13-3)14-12(15)17/h5-8,10-11,16H,4H2,1-3H3,(H,13,14,17)/t7?,8-,10+,11-/m1/s1. The van der Waals surface area contributed by atoms with E-state index in [1.54, 1.807) is 19.3 Å². The van der Waals surface area contributed by atoms with Gasteiger partial charge in [-0.15, -0.1) is 0 Å². The van der Waals surface area contributed by atoms with Crippen molar-refractivity contribution in [2.45, 2.75) is 38.7 Å². The summed E-state index contributed by atoms with van der Waals surface area (Å²) in [7, 11) is 1.71. The van der Waals surface area contributed by atoms with E-state index in [1.807, 2.05) is 13.8 Å². The van der Waals surface area contributed by atoms with Crippen molar-refractivity contribution in [1.82, 2.24) is 9.55 Å². The number of aliphatic hydroxyl groups excluding tert-OH is 1. The van der Waals surface area contributed by atoms with Crippen molar-refractivity contribution in [3.05, 3.63) is 22.7 Å². The van der Waals surface area contributed by atoms with Gasteiger partial charge in [0.25, 0.3) is 0 Å². The summed E-state index contributed by atoms with van der Waals surface area (Å²) in [5.74, 6) is 0.393. The highest BCUT2D eigenvalue weighted by Gasteiger charge is 2.41. The molecule has 1 saturated heterocycles. The Labute approximate surface area is 106 Å². The van der Waals surface area contributed by atoms with Crippen LogP contribution in [0, 0.1) is 5.92 Å². The molecule has 2 rings (SSSR count). The predicted octanol–water partition coefficient (Wildman–Crippen LogP) is 0.589. The first-order valence-electron chi connectivity index (χ1n) is 6.19. The smallest absolute Gasteiger partial charge is 0.351 e. The van der Waals surface area contributed by atoms with Crippen LogP contribution in [0.2, 0.25) is 0 Å². The first kappa shape index (κ1) is 13.0. The highest BCUT2D eigenvalue weighted by atomic mass is 16.5. The van der Waals surface area contributed by atoms with E-state index in [1.165, 1.54) is 4.57 Å². The van der Waals surface area contributed by atoms with E-state index >= 15 is 0 Å². The highest BCUT2D eigenvalue weighted by Crippen LogP contribution is 2.34. The van der Waals surface area contributed by atoms with Crippen LogP contribution in [-0.2, 0) is 4.74 Å². The molecule has 6 nitrogen and oxygen atoms in total. The van der Waals surface area contributed by atoms with Crippen molar-refractivity contribution in [3.8, 4) is 0 Å². The second kappa shape index (κ2) is 5.07. The Morgan fingerprint density at radius 2 is 2.33 bits per heavy atom. The molecule has 100 valence electrons. The van der Waals surface area contributed by atoms with Crippen LogP contribution in [0.15, 0.2) is 17.1 Å². The number of hydrogen-bond donors (Lipinski definition) is 2. The summed E-state index contributed by atoms with van der Waals surface area (Å²) < 4.78 is 7.16. The number of anilines is 1. The molecule has 0 aromatic carbocycles. The molecule has 4 atom stereocenters. The third-order valence-electron chi connectivity index (χ3n) is 3.45. The van der Waals surface area contributed by atoms with E-state index in [-0.39, 0.29) is 17.7 Å². The van der Waals surface area contributed by atoms with E-state index < -0.39 is 12.3 Å². The van der Waals surface area contributed by atoms with Gasteiger partial charge in [-0.1, -0.05) is 13.8 Å². The fourth-order valence-electron chi connectivity index (χ4n) is 2.29. The zero-order chi connectivity index (χ0) is 13.3. The fourth-order valence-corrected chi connectivity index (χ4v) is 2.29. The van der Waals surface area contributed by atoms with Crippen molar-refractivity contribution < 1.29 is 9.84 Å². The molecule has 0 amide bonds. The molecule has 18 heavy (non-hydrogen) atoms. The van der Waals surface area contributed by atoms with Crippen LogP contribution in [0.1, 0.15) is 26.5 Å². The monoisotopic (exact) mass is 253 g/mol. The Morgan fingerprint density at radius 3 is 2.83 bits per heavy atom. The van der Waals surface area contributed by atoms with Crippen molar-refractivity contribution in [2.24, 2.45) is 5.92 Å². The molecule has 1 aromatic heterocycles. The van der Waals surface area contributed by atoms with Crippen LogP contribution < -0.4 is 11.0 Å². The van der Waals surface area contributed by atoms with Crippen molar-refractivity contribution >= 4 is 5.82 Å². The third-order valence-corrected chi connectivity index (χ3v) is 3.45. The molecular weight excluding hydrogens is 234 g/mol. The largest absolute Gasteiger partial charge is 0.390 e. The van der Waals surface area contributed by atoms with E-state index in [0.717, 1.165) is 6.42 Å². The average molecular weight is 253 g/mol. The SMILES string of the molecule is CC[C@H]1O[C@@H](n2ccc(NC)nc2=O)C(C)[C@@H]1O. The Kier molecular flexibility index (Phi) is 3.68. The average Bonchev–Trinajstić information content (AvgIpc) is 2.66. The van der Waals surface area contributed by atoms with E-state index in [4.69, 9.17) is 4.74 Å². The molecule has 1 unspecified atom stereocenters. The molecule has 0 radical (unpaired) electrons. The number of rotatable bonds is 3. The first-order chi connectivity index (χ1) is 8.58. The number of aromatic nitrogens is 2. The molecule has 2 heterocycles. The molecule has 0 spiro atoms. The molecule has 2 N–H and O–H groups in total. The van der Waals surface area contributed by atoms with E-state index in [9.17, 15) is 9.90 Å². The van der Waals surface area contributed by atoms with Crippen LogP contribution in [0.5, 0.6) is 0 Å². The second-order valence-electron chi connectivity index (χ2n) is 4.58. The number of nitrogens with one attached hydrogen (secondary N) is 1.